The molecule has 0 radical (unpaired) electrons. The van der Waals surface area contributed by atoms with Crippen LogP contribution in [-0.4, -0.2) is 47.2 Å². The third kappa shape index (κ3) is 5.61. The van der Waals surface area contributed by atoms with Gasteiger partial charge in [0.25, 0.3) is 5.91 Å². The second kappa shape index (κ2) is 11.7. The summed E-state index contributed by atoms with van der Waals surface area (Å²) in [6.45, 7) is 3.58. The van der Waals surface area contributed by atoms with Crippen LogP contribution in [0, 0.1) is 18.7 Å². The van der Waals surface area contributed by atoms with Gasteiger partial charge in [0.1, 0.15) is 5.69 Å². The Morgan fingerprint density at radius 3 is 2.81 bits per heavy atom. The van der Waals surface area contributed by atoms with Crippen molar-refractivity contribution < 1.29 is 14.0 Å². The van der Waals surface area contributed by atoms with Crippen molar-refractivity contribution >= 4 is 29.1 Å². The molecular formula is C30H27ClFN9O2. The average molecular weight is 600 g/mol. The molecule has 218 valence electrons. The summed E-state index contributed by atoms with van der Waals surface area (Å²) in [4.78, 5) is 31.3. The number of fused-ring (bicyclic) bond motifs is 4. The molecule has 2 atom stereocenters. The van der Waals surface area contributed by atoms with E-state index >= 15 is 0 Å². The maximum Gasteiger partial charge on any atom is 0.255 e. The van der Waals surface area contributed by atoms with Gasteiger partial charge in [-0.1, -0.05) is 31.0 Å². The number of carbonyl (C=O) groups excluding carboxylic acids is 2. The van der Waals surface area contributed by atoms with Crippen LogP contribution in [0.15, 0.2) is 60.9 Å². The number of rotatable bonds is 4. The number of aromatic amines is 1. The van der Waals surface area contributed by atoms with Gasteiger partial charge < -0.3 is 10.6 Å². The van der Waals surface area contributed by atoms with E-state index in [0.717, 1.165) is 11.1 Å². The highest BCUT2D eigenvalue weighted by Gasteiger charge is 2.25. The standard InChI is InChI=1S/C30H27ClFN9O2/c1-16-5-3-7-24(36-30(43)21-15-34-41(17(21)2)26-8-4-6-22(31)27(26)32)25-14-18(11-12-33-25)20-13-19(28-37-39-40-38-28)9-10-23(20)35-29(16)42/h4,6,8-16,24H,3,5,7H2,1-2H3,(H,35,42)(H,36,43)(H,37,38,39,40). The SMILES string of the molecule is Cc1c(C(=O)NC2CCCC(C)C(=O)Nc3ccc(-c4nn[nH]n4)cc3-c3ccnc2c3)cnn1-c1cccc(Cl)c1F. The van der Waals surface area contributed by atoms with Crippen LogP contribution >= 0.6 is 11.6 Å². The van der Waals surface area contributed by atoms with Crippen LogP contribution in [0.3, 0.4) is 0 Å². The zero-order chi connectivity index (χ0) is 30.1. The third-order valence-corrected chi connectivity index (χ3v) is 7.92. The summed E-state index contributed by atoms with van der Waals surface area (Å²) in [6.07, 6.45) is 4.91. The van der Waals surface area contributed by atoms with Gasteiger partial charge in [-0.25, -0.2) is 9.07 Å². The highest BCUT2D eigenvalue weighted by molar-refractivity contribution is 6.30. The minimum absolute atomic E-state index is 0.0357. The van der Waals surface area contributed by atoms with Gasteiger partial charge in [0.15, 0.2) is 5.82 Å². The highest BCUT2D eigenvalue weighted by atomic mass is 35.5. The lowest BCUT2D eigenvalue weighted by Crippen LogP contribution is -2.30. The fourth-order valence-corrected chi connectivity index (χ4v) is 5.37. The zero-order valence-corrected chi connectivity index (χ0v) is 24.1. The summed E-state index contributed by atoms with van der Waals surface area (Å²) in [5, 5.41) is 24.7. The van der Waals surface area contributed by atoms with Crippen molar-refractivity contribution in [3.63, 3.8) is 0 Å². The lowest BCUT2D eigenvalue weighted by atomic mass is 9.94. The molecule has 0 saturated carbocycles. The first-order chi connectivity index (χ1) is 20.8. The summed E-state index contributed by atoms with van der Waals surface area (Å²) in [7, 11) is 0. The summed E-state index contributed by atoms with van der Waals surface area (Å²) in [5.41, 5.74) is 4.46. The number of carbonyl (C=O) groups is 2. The fourth-order valence-electron chi connectivity index (χ4n) is 5.20. The van der Waals surface area contributed by atoms with Crippen LogP contribution in [0.1, 0.15) is 54.0 Å². The van der Waals surface area contributed by atoms with Crippen LogP contribution in [0.5, 0.6) is 0 Å². The molecule has 2 bridgehead atoms. The Bertz CT molecular complexity index is 1820. The Morgan fingerprint density at radius 2 is 2.00 bits per heavy atom. The first-order valence-corrected chi connectivity index (χ1v) is 14.1. The van der Waals surface area contributed by atoms with Crippen LogP contribution in [0.25, 0.3) is 28.2 Å². The fraction of sp³-hybridized carbons (Fsp3) is 0.233. The highest BCUT2D eigenvalue weighted by Crippen LogP contribution is 2.34. The number of pyridine rings is 1. The van der Waals surface area contributed by atoms with Gasteiger partial charge in [0, 0.05) is 28.9 Å². The number of H-pyrrole nitrogens is 1. The van der Waals surface area contributed by atoms with E-state index in [-0.39, 0.29) is 28.4 Å². The molecule has 43 heavy (non-hydrogen) atoms. The Labute approximate surface area is 250 Å². The molecule has 3 aromatic heterocycles. The van der Waals surface area contributed by atoms with E-state index in [1.165, 1.54) is 16.9 Å². The maximum absolute atomic E-state index is 14.7. The second-order valence-electron chi connectivity index (χ2n) is 10.4. The van der Waals surface area contributed by atoms with Gasteiger partial charge in [-0.05, 0) is 73.0 Å². The van der Waals surface area contributed by atoms with Crippen molar-refractivity contribution in [1.29, 1.82) is 0 Å². The molecule has 0 aliphatic carbocycles. The molecule has 11 nitrogen and oxygen atoms in total. The quantitative estimate of drug-likeness (QED) is 0.249. The number of aromatic nitrogens is 7. The van der Waals surface area contributed by atoms with Crippen molar-refractivity contribution in [2.24, 2.45) is 5.92 Å². The maximum atomic E-state index is 14.7. The molecule has 0 spiro atoms. The van der Waals surface area contributed by atoms with E-state index in [2.05, 4.69) is 41.3 Å². The lowest BCUT2D eigenvalue weighted by Gasteiger charge is -2.22. The molecule has 1 aliphatic heterocycles. The smallest absolute Gasteiger partial charge is 0.255 e. The first-order valence-electron chi connectivity index (χ1n) is 13.7. The lowest BCUT2D eigenvalue weighted by molar-refractivity contribution is -0.119. The molecule has 6 rings (SSSR count). The van der Waals surface area contributed by atoms with Gasteiger partial charge in [0.2, 0.25) is 11.7 Å². The predicted molar refractivity (Wildman–Crippen MR) is 158 cm³/mol. The van der Waals surface area contributed by atoms with Crippen LogP contribution in [0.4, 0.5) is 10.1 Å². The number of nitrogens with one attached hydrogen (secondary N) is 3. The van der Waals surface area contributed by atoms with Crippen molar-refractivity contribution in [3.8, 4) is 28.2 Å². The monoisotopic (exact) mass is 599 g/mol. The largest absolute Gasteiger partial charge is 0.344 e. The molecule has 2 unspecified atom stereocenters. The molecule has 0 saturated heterocycles. The van der Waals surface area contributed by atoms with E-state index in [9.17, 15) is 14.0 Å². The Morgan fingerprint density at radius 1 is 1.14 bits per heavy atom. The van der Waals surface area contributed by atoms with Crippen molar-refractivity contribution in [2.75, 3.05) is 5.32 Å². The van der Waals surface area contributed by atoms with E-state index in [1.807, 2.05) is 37.3 Å². The van der Waals surface area contributed by atoms with Gasteiger partial charge >= 0.3 is 0 Å². The predicted octanol–water partition coefficient (Wildman–Crippen LogP) is 5.44. The van der Waals surface area contributed by atoms with E-state index in [4.69, 9.17) is 11.6 Å². The van der Waals surface area contributed by atoms with Crippen molar-refractivity contribution in [1.82, 2.24) is 40.7 Å². The minimum Gasteiger partial charge on any atom is -0.344 e. The molecule has 0 fully saturated rings. The number of nitrogens with zero attached hydrogens (tertiary/aromatic N) is 6. The molecule has 4 heterocycles. The van der Waals surface area contributed by atoms with Crippen LogP contribution < -0.4 is 10.6 Å². The summed E-state index contributed by atoms with van der Waals surface area (Å²) in [5.74, 6) is -0.938. The molecule has 3 N–H and O–H groups in total. The number of tetrazole rings is 1. The van der Waals surface area contributed by atoms with Gasteiger partial charge in [-0.3, -0.25) is 14.6 Å². The molecule has 5 aromatic rings. The summed E-state index contributed by atoms with van der Waals surface area (Å²) in [6, 6.07) is 13.4. The molecule has 2 aromatic carbocycles. The third-order valence-electron chi connectivity index (χ3n) is 7.63. The van der Waals surface area contributed by atoms with Crippen LogP contribution in [-0.2, 0) is 4.79 Å². The molecular weight excluding hydrogens is 573 g/mol. The minimum atomic E-state index is -0.622. The van der Waals surface area contributed by atoms with Crippen molar-refractivity contribution in [2.45, 2.75) is 39.2 Å². The first kappa shape index (κ1) is 28.2. The van der Waals surface area contributed by atoms with E-state index in [0.29, 0.717) is 53.3 Å². The summed E-state index contributed by atoms with van der Waals surface area (Å²) < 4.78 is 16.1. The second-order valence-corrected chi connectivity index (χ2v) is 10.8. The van der Waals surface area contributed by atoms with Gasteiger partial charge in [-0.2, -0.15) is 10.3 Å². The molecule has 1 aliphatic rings. The summed E-state index contributed by atoms with van der Waals surface area (Å²) >= 11 is 5.97. The topological polar surface area (TPSA) is 143 Å². The number of amides is 2. The van der Waals surface area contributed by atoms with E-state index in [1.54, 1.807) is 25.3 Å². The Hall–Kier alpha value is -4.97. The Balaban J connectivity index is 1.36. The average Bonchev–Trinajstić information content (AvgIpc) is 3.68. The zero-order valence-electron chi connectivity index (χ0n) is 23.3. The number of benzene rings is 2. The van der Waals surface area contributed by atoms with Gasteiger partial charge in [0.05, 0.1) is 34.2 Å². The van der Waals surface area contributed by atoms with Crippen molar-refractivity contribution in [3.05, 3.63) is 88.7 Å². The number of hydrogen-bond donors (Lipinski definition) is 3. The van der Waals surface area contributed by atoms with Gasteiger partial charge in [-0.15, -0.1) is 10.2 Å². The number of anilines is 1. The molecule has 13 heteroatoms. The molecule has 2 amide bonds. The van der Waals surface area contributed by atoms with E-state index < -0.39 is 11.9 Å². The normalized spacial score (nSPS) is 16.9. The van der Waals surface area contributed by atoms with Crippen LogP contribution in [0.2, 0.25) is 5.02 Å². The Kier molecular flexibility index (Phi) is 7.68. The number of hydrogen-bond acceptors (Lipinski definition) is 7. The number of halogens is 2.